The van der Waals surface area contributed by atoms with E-state index in [0.29, 0.717) is 12.2 Å². The first-order valence-corrected chi connectivity index (χ1v) is 8.53. The van der Waals surface area contributed by atoms with Crippen molar-refractivity contribution in [3.8, 4) is 5.75 Å². The van der Waals surface area contributed by atoms with Crippen LogP contribution in [0, 0.1) is 0 Å². The van der Waals surface area contributed by atoms with Crippen LogP contribution in [-0.2, 0) is 6.54 Å². The zero-order valence-corrected chi connectivity index (χ0v) is 13.6. The van der Waals surface area contributed by atoms with E-state index in [9.17, 15) is 4.79 Å². The molecule has 5 nitrogen and oxygen atoms in total. The number of nitrogens with one attached hydrogen (secondary N) is 1. The zero-order chi connectivity index (χ0) is 16.2. The molecule has 23 heavy (non-hydrogen) atoms. The Morgan fingerprint density at radius 3 is 2.96 bits per heavy atom. The second-order valence-electron chi connectivity index (χ2n) is 5.21. The van der Waals surface area contributed by atoms with Crippen LogP contribution in [0.25, 0.3) is 0 Å². The Hall–Kier alpha value is -2.18. The number of thioether (sulfide) groups is 1. The molecule has 3 rings (SSSR count). The first-order valence-electron chi connectivity index (χ1n) is 7.31. The van der Waals surface area contributed by atoms with Crippen molar-refractivity contribution in [3.05, 3.63) is 53.6 Å². The number of hydrogen-bond donors (Lipinski definition) is 2. The molecule has 0 fully saturated rings. The standard InChI is InChI=1S/C17H18N2O3S/c1-23-16-5-3-2-4-13(16)11-19-8-9-22-15-7-6-12(10-14(15)19)17(20)18-21/h2-7,10,21H,8-9,11H2,1H3,(H,18,20). The van der Waals surface area contributed by atoms with E-state index in [0.717, 1.165) is 24.5 Å². The van der Waals surface area contributed by atoms with Crippen molar-refractivity contribution in [1.82, 2.24) is 5.48 Å². The van der Waals surface area contributed by atoms with Gasteiger partial charge in [-0.2, -0.15) is 0 Å². The third-order valence-corrected chi connectivity index (χ3v) is 4.67. The molecule has 1 amide bonds. The normalized spacial score (nSPS) is 13.2. The summed E-state index contributed by atoms with van der Waals surface area (Å²) in [4.78, 5) is 15.1. The number of rotatable bonds is 4. The number of carbonyl (C=O) groups excluding carboxylic acids is 1. The Morgan fingerprint density at radius 2 is 2.17 bits per heavy atom. The minimum Gasteiger partial charge on any atom is -0.490 e. The number of nitrogens with zero attached hydrogens (tertiary/aromatic N) is 1. The van der Waals surface area contributed by atoms with Gasteiger partial charge in [0, 0.05) is 17.0 Å². The number of hydrogen-bond acceptors (Lipinski definition) is 5. The molecule has 1 aliphatic heterocycles. The van der Waals surface area contributed by atoms with Gasteiger partial charge < -0.3 is 9.64 Å². The van der Waals surface area contributed by atoms with Crippen molar-refractivity contribution in [2.75, 3.05) is 24.3 Å². The number of carbonyl (C=O) groups is 1. The van der Waals surface area contributed by atoms with E-state index in [1.807, 2.05) is 12.1 Å². The van der Waals surface area contributed by atoms with Crippen LogP contribution >= 0.6 is 11.8 Å². The molecule has 0 radical (unpaired) electrons. The SMILES string of the molecule is CSc1ccccc1CN1CCOc2ccc(C(=O)NO)cc21. The second-order valence-corrected chi connectivity index (χ2v) is 6.05. The Kier molecular flexibility index (Phi) is 4.73. The first kappa shape index (κ1) is 15.7. The number of fused-ring (bicyclic) bond motifs is 1. The number of ether oxygens (including phenoxy) is 1. The summed E-state index contributed by atoms with van der Waals surface area (Å²) >= 11 is 1.72. The molecule has 0 bridgehead atoms. The lowest BCUT2D eigenvalue weighted by molar-refractivity contribution is 0.0706. The van der Waals surface area contributed by atoms with Gasteiger partial charge in [0.2, 0.25) is 0 Å². The van der Waals surface area contributed by atoms with Crippen molar-refractivity contribution in [1.29, 1.82) is 0 Å². The van der Waals surface area contributed by atoms with Gasteiger partial charge in [-0.15, -0.1) is 11.8 Å². The van der Waals surface area contributed by atoms with Crippen molar-refractivity contribution in [2.45, 2.75) is 11.4 Å². The Balaban J connectivity index is 1.92. The summed E-state index contributed by atoms with van der Waals surface area (Å²) in [5.41, 5.74) is 4.18. The highest BCUT2D eigenvalue weighted by atomic mass is 32.2. The van der Waals surface area contributed by atoms with Crippen molar-refractivity contribution >= 4 is 23.4 Å². The van der Waals surface area contributed by atoms with Crippen LogP contribution in [0.4, 0.5) is 5.69 Å². The fraction of sp³-hybridized carbons (Fsp3) is 0.235. The highest BCUT2D eigenvalue weighted by Gasteiger charge is 2.20. The van der Waals surface area contributed by atoms with Crippen LogP contribution in [0.1, 0.15) is 15.9 Å². The number of hydroxylamine groups is 1. The maximum atomic E-state index is 11.6. The van der Waals surface area contributed by atoms with E-state index in [1.54, 1.807) is 35.4 Å². The average Bonchev–Trinajstić information content (AvgIpc) is 2.61. The van der Waals surface area contributed by atoms with Gasteiger partial charge >= 0.3 is 0 Å². The zero-order valence-electron chi connectivity index (χ0n) is 12.8. The van der Waals surface area contributed by atoms with E-state index in [-0.39, 0.29) is 0 Å². The summed E-state index contributed by atoms with van der Waals surface area (Å²) in [6.07, 6.45) is 2.07. The summed E-state index contributed by atoms with van der Waals surface area (Å²) < 4.78 is 5.68. The maximum Gasteiger partial charge on any atom is 0.274 e. The predicted octanol–water partition coefficient (Wildman–Crippen LogP) is 2.93. The predicted molar refractivity (Wildman–Crippen MR) is 90.5 cm³/mol. The Labute approximate surface area is 139 Å². The third-order valence-electron chi connectivity index (χ3n) is 3.84. The van der Waals surface area contributed by atoms with Crippen LogP contribution in [0.5, 0.6) is 5.75 Å². The summed E-state index contributed by atoms with van der Waals surface area (Å²) in [5, 5.41) is 8.81. The monoisotopic (exact) mass is 330 g/mol. The second kappa shape index (κ2) is 6.93. The molecular formula is C17H18N2O3S. The molecule has 0 saturated carbocycles. The van der Waals surface area contributed by atoms with E-state index in [4.69, 9.17) is 9.94 Å². The van der Waals surface area contributed by atoms with Crippen LogP contribution < -0.4 is 15.1 Å². The first-order chi connectivity index (χ1) is 11.2. The van der Waals surface area contributed by atoms with Gasteiger partial charge in [0.25, 0.3) is 5.91 Å². The largest absolute Gasteiger partial charge is 0.490 e. The van der Waals surface area contributed by atoms with E-state index in [1.165, 1.54) is 10.5 Å². The summed E-state index contributed by atoms with van der Waals surface area (Å²) in [6, 6.07) is 13.5. The van der Waals surface area contributed by atoms with Crippen molar-refractivity contribution in [2.24, 2.45) is 0 Å². The quantitative estimate of drug-likeness (QED) is 0.513. The molecule has 6 heteroatoms. The Bertz CT molecular complexity index is 721. The van der Waals surface area contributed by atoms with Gasteiger partial charge in [-0.25, -0.2) is 5.48 Å². The summed E-state index contributed by atoms with van der Waals surface area (Å²) in [5.74, 6) is 0.232. The molecule has 0 atom stereocenters. The van der Waals surface area contributed by atoms with Gasteiger partial charge in [-0.05, 0) is 36.1 Å². The molecule has 2 N–H and O–H groups in total. The molecule has 1 heterocycles. The topological polar surface area (TPSA) is 61.8 Å². The van der Waals surface area contributed by atoms with Gasteiger partial charge in [0.05, 0.1) is 12.2 Å². The van der Waals surface area contributed by atoms with Crippen LogP contribution in [0.2, 0.25) is 0 Å². The summed E-state index contributed by atoms with van der Waals surface area (Å²) in [7, 11) is 0. The van der Waals surface area contributed by atoms with E-state index >= 15 is 0 Å². The van der Waals surface area contributed by atoms with Gasteiger partial charge in [-0.3, -0.25) is 10.0 Å². The number of anilines is 1. The van der Waals surface area contributed by atoms with E-state index < -0.39 is 5.91 Å². The summed E-state index contributed by atoms with van der Waals surface area (Å²) in [6.45, 7) is 2.11. The molecule has 0 aliphatic carbocycles. The lowest BCUT2D eigenvalue weighted by Crippen LogP contribution is -2.32. The highest BCUT2D eigenvalue weighted by Crippen LogP contribution is 2.34. The fourth-order valence-electron chi connectivity index (χ4n) is 2.68. The van der Waals surface area contributed by atoms with Crippen LogP contribution in [-0.4, -0.2) is 30.5 Å². The lowest BCUT2D eigenvalue weighted by Gasteiger charge is -2.32. The lowest BCUT2D eigenvalue weighted by atomic mass is 10.1. The molecule has 120 valence electrons. The third kappa shape index (κ3) is 3.28. The maximum absolute atomic E-state index is 11.6. The number of amides is 1. The molecular weight excluding hydrogens is 312 g/mol. The van der Waals surface area contributed by atoms with Crippen LogP contribution in [0.3, 0.4) is 0 Å². The molecule has 0 aromatic heterocycles. The number of benzene rings is 2. The molecule has 2 aromatic rings. The fourth-order valence-corrected chi connectivity index (χ4v) is 3.29. The molecule has 0 unspecified atom stereocenters. The molecule has 0 saturated heterocycles. The smallest absolute Gasteiger partial charge is 0.274 e. The highest BCUT2D eigenvalue weighted by molar-refractivity contribution is 7.98. The Morgan fingerprint density at radius 1 is 1.35 bits per heavy atom. The molecule has 2 aromatic carbocycles. The molecule has 1 aliphatic rings. The minimum absolute atomic E-state index is 0.403. The average molecular weight is 330 g/mol. The van der Waals surface area contributed by atoms with E-state index in [2.05, 4.69) is 23.3 Å². The van der Waals surface area contributed by atoms with Crippen molar-refractivity contribution in [3.63, 3.8) is 0 Å². The molecule has 0 spiro atoms. The minimum atomic E-state index is -0.525. The van der Waals surface area contributed by atoms with Crippen LogP contribution in [0.15, 0.2) is 47.4 Å². The van der Waals surface area contributed by atoms with Gasteiger partial charge in [0.15, 0.2) is 0 Å². The van der Waals surface area contributed by atoms with Crippen molar-refractivity contribution < 1.29 is 14.7 Å². The van der Waals surface area contributed by atoms with Gasteiger partial charge in [0.1, 0.15) is 12.4 Å². The van der Waals surface area contributed by atoms with Gasteiger partial charge in [-0.1, -0.05) is 18.2 Å².